The molecule has 0 heterocycles. The van der Waals surface area contributed by atoms with Crippen molar-refractivity contribution in [3.63, 3.8) is 0 Å². The summed E-state index contributed by atoms with van der Waals surface area (Å²) in [6.45, 7) is 6.40. The van der Waals surface area contributed by atoms with Crippen molar-refractivity contribution in [2.75, 3.05) is 13.2 Å². The average molecular weight is 863 g/mol. The molecule has 62 heavy (non-hydrogen) atoms. The number of carbonyl (C=O) groups is 3. The molecule has 0 radical (unpaired) electrons. The SMILES string of the molecule is CC/C=C\C/C=C\C/C=C\CCCCCCCC(=O)OC(COC(=O)CCCCCCC/C=C\C/C=C\CCC)COC(=O)CCCCCCC/C=C\C/C=C\CCCCCC. The summed E-state index contributed by atoms with van der Waals surface area (Å²) < 4.78 is 16.8. The Bertz CT molecular complexity index is 1220. The summed E-state index contributed by atoms with van der Waals surface area (Å²) in [4.78, 5) is 38.0. The number of esters is 3. The highest BCUT2D eigenvalue weighted by atomic mass is 16.6. The number of unbranched alkanes of at least 4 members (excludes halogenated alkanes) is 20. The predicted molar refractivity (Wildman–Crippen MR) is 265 cm³/mol. The van der Waals surface area contributed by atoms with Gasteiger partial charge in [0.2, 0.25) is 0 Å². The number of hydrogen-bond donors (Lipinski definition) is 0. The minimum atomic E-state index is -0.797. The van der Waals surface area contributed by atoms with Crippen LogP contribution in [0.5, 0.6) is 0 Å². The second-order valence-electron chi connectivity index (χ2n) is 16.7. The summed E-state index contributed by atoms with van der Waals surface area (Å²) >= 11 is 0. The number of allylic oxidation sites excluding steroid dienone is 14. The van der Waals surface area contributed by atoms with E-state index in [-0.39, 0.29) is 31.1 Å². The van der Waals surface area contributed by atoms with E-state index in [1.165, 1.54) is 38.5 Å². The molecule has 0 aromatic heterocycles. The summed E-state index contributed by atoms with van der Waals surface area (Å²) in [5, 5.41) is 0. The molecule has 0 saturated carbocycles. The molecule has 1 unspecified atom stereocenters. The molecule has 0 aromatic rings. The maximum Gasteiger partial charge on any atom is 0.306 e. The lowest BCUT2D eigenvalue weighted by Crippen LogP contribution is -2.30. The van der Waals surface area contributed by atoms with Gasteiger partial charge in [0.05, 0.1) is 0 Å². The van der Waals surface area contributed by atoms with E-state index < -0.39 is 6.10 Å². The van der Waals surface area contributed by atoms with Crippen LogP contribution in [-0.4, -0.2) is 37.2 Å². The Labute approximate surface area is 382 Å². The number of rotatable bonds is 45. The third kappa shape index (κ3) is 47.6. The molecule has 0 spiro atoms. The largest absolute Gasteiger partial charge is 0.462 e. The molecular formula is C56H94O6. The highest BCUT2D eigenvalue weighted by molar-refractivity contribution is 5.71. The van der Waals surface area contributed by atoms with E-state index in [1.54, 1.807) is 0 Å². The average Bonchev–Trinajstić information content (AvgIpc) is 3.27. The fourth-order valence-corrected chi connectivity index (χ4v) is 6.76. The van der Waals surface area contributed by atoms with Crippen LogP contribution in [0.2, 0.25) is 0 Å². The Morgan fingerprint density at radius 2 is 0.661 bits per heavy atom. The van der Waals surface area contributed by atoms with Crippen LogP contribution in [0.15, 0.2) is 85.1 Å². The van der Waals surface area contributed by atoms with Gasteiger partial charge in [-0.05, 0) is 109 Å². The highest BCUT2D eigenvalue weighted by Gasteiger charge is 2.19. The van der Waals surface area contributed by atoms with Crippen molar-refractivity contribution in [3.05, 3.63) is 85.1 Å². The first-order chi connectivity index (χ1) is 30.5. The monoisotopic (exact) mass is 863 g/mol. The molecule has 6 heteroatoms. The van der Waals surface area contributed by atoms with E-state index in [0.29, 0.717) is 19.3 Å². The Balaban J connectivity index is 4.46. The fraction of sp³-hybridized carbons (Fsp3) is 0.696. The van der Waals surface area contributed by atoms with Crippen molar-refractivity contribution in [1.29, 1.82) is 0 Å². The zero-order chi connectivity index (χ0) is 45.1. The lowest BCUT2D eigenvalue weighted by Gasteiger charge is -2.18. The van der Waals surface area contributed by atoms with Crippen LogP contribution in [0.1, 0.15) is 233 Å². The third-order valence-corrected chi connectivity index (χ3v) is 10.6. The van der Waals surface area contributed by atoms with Crippen LogP contribution in [0.3, 0.4) is 0 Å². The second kappa shape index (κ2) is 50.2. The Morgan fingerprint density at radius 3 is 1.05 bits per heavy atom. The van der Waals surface area contributed by atoms with E-state index in [9.17, 15) is 14.4 Å². The number of carbonyl (C=O) groups excluding carboxylic acids is 3. The second-order valence-corrected chi connectivity index (χ2v) is 16.7. The molecule has 0 fully saturated rings. The molecule has 6 nitrogen and oxygen atoms in total. The van der Waals surface area contributed by atoms with Gasteiger partial charge in [0, 0.05) is 19.3 Å². The molecule has 0 aliphatic carbocycles. The van der Waals surface area contributed by atoms with Crippen molar-refractivity contribution in [1.82, 2.24) is 0 Å². The molecule has 0 bridgehead atoms. The number of hydrogen-bond acceptors (Lipinski definition) is 6. The fourth-order valence-electron chi connectivity index (χ4n) is 6.76. The Hall–Kier alpha value is -3.41. The van der Waals surface area contributed by atoms with Crippen LogP contribution in [0, 0.1) is 0 Å². The molecule has 0 aromatic carbocycles. The molecule has 1 atom stereocenters. The van der Waals surface area contributed by atoms with Crippen LogP contribution >= 0.6 is 0 Å². The van der Waals surface area contributed by atoms with Crippen molar-refractivity contribution in [2.45, 2.75) is 239 Å². The van der Waals surface area contributed by atoms with Crippen LogP contribution in [-0.2, 0) is 28.6 Å². The molecule has 354 valence electrons. The van der Waals surface area contributed by atoms with Gasteiger partial charge < -0.3 is 14.2 Å². The molecule has 0 aliphatic heterocycles. The molecule has 0 aliphatic rings. The van der Waals surface area contributed by atoms with Crippen molar-refractivity contribution < 1.29 is 28.6 Å². The molecular weight excluding hydrogens is 769 g/mol. The zero-order valence-corrected chi connectivity index (χ0v) is 40.4. The standard InChI is InChI=1S/C56H94O6/c1-4-7-10-13-16-19-22-25-27-29-31-34-37-40-43-46-49-55(58)61-52-53(51-60-54(57)48-45-42-39-36-33-30-24-21-18-15-12-9-6-3)62-56(59)50-47-44-41-38-35-32-28-26-23-20-17-14-11-8-5-2/h8,11-12,15,17,19-22,24,26-29,53H,4-7,9-10,13-14,16,18,23,25,30-52H2,1-3H3/b11-8-,15-12-,20-17-,22-19-,24-21-,28-26-,29-27-. The van der Waals surface area contributed by atoms with E-state index in [4.69, 9.17) is 14.2 Å². The van der Waals surface area contributed by atoms with Gasteiger partial charge in [-0.25, -0.2) is 0 Å². The van der Waals surface area contributed by atoms with Gasteiger partial charge in [0.1, 0.15) is 13.2 Å². The van der Waals surface area contributed by atoms with Gasteiger partial charge in [0.25, 0.3) is 0 Å². The lowest BCUT2D eigenvalue weighted by molar-refractivity contribution is -0.167. The van der Waals surface area contributed by atoms with Gasteiger partial charge >= 0.3 is 17.9 Å². The van der Waals surface area contributed by atoms with Crippen molar-refractivity contribution in [3.8, 4) is 0 Å². The zero-order valence-electron chi connectivity index (χ0n) is 40.4. The van der Waals surface area contributed by atoms with E-state index in [0.717, 1.165) is 154 Å². The highest BCUT2D eigenvalue weighted by Crippen LogP contribution is 2.13. The maximum absolute atomic E-state index is 12.8. The predicted octanol–water partition coefficient (Wildman–Crippen LogP) is 16.8. The Kier molecular flexibility index (Phi) is 47.5. The van der Waals surface area contributed by atoms with Crippen LogP contribution < -0.4 is 0 Å². The van der Waals surface area contributed by atoms with E-state index in [2.05, 4.69) is 106 Å². The van der Waals surface area contributed by atoms with Gasteiger partial charge in [-0.3, -0.25) is 14.4 Å². The molecule has 0 saturated heterocycles. The van der Waals surface area contributed by atoms with E-state index in [1.807, 2.05) is 0 Å². The topological polar surface area (TPSA) is 78.9 Å². The smallest absolute Gasteiger partial charge is 0.306 e. The first-order valence-corrected chi connectivity index (χ1v) is 25.6. The lowest BCUT2D eigenvalue weighted by atomic mass is 10.1. The van der Waals surface area contributed by atoms with Gasteiger partial charge in [-0.15, -0.1) is 0 Å². The first-order valence-electron chi connectivity index (χ1n) is 25.6. The van der Waals surface area contributed by atoms with Crippen molar-refractivity contribution in [2.24, 2.45) is 0 Å². The molecule has 0 rings (SSSR count). The van der Waals surface area contributed by atoms with Gasteiger partial charge in [-0.1, -0.05) is 189 Å². The summed E-state index contributed by atoms with van der Waals surface area (Å²) in [7, 11) is 0. The minimum Gasteiger partial charge on any atom is -0.462 e. The molecule has 0 N–H and O–H groups in total. The van der Waals surface area contributed by atoms with Crippen LogP contribution in [0.25, 0.3) is 0 Å². The quantitative estimate of drug-likeness (QED) is 0.0263. The normalized spacial score (nSPS) is 12.8. The third-order valence-electron chi connectivity index (χ3n) is 10.6. The molecule has 0 amide bonds. The maximum atomic E-state index is 12.8. The summed E-state index contributed by atoms with van der Waals surface area (Å²) in [6.07, 6.45) is 64.2. The minimum absolute atomic E-state index is 0.0963. The Morgan fingerprint density at radius 1 is 0.339 bits per heavy atom. The number of ether oxygens (including phenoxy) is 3. The summed E-state index contributed by atoms with van der Waals surface area (Å²) in [5.41, 5.74) is 0. The van der Waals surface area contributed by atoms with Crippen LogP contribution in [0.4, 0.5) is 0 Å². The summed E-state index contributed by atoms with van der Waals surface area (Å²) in [6, 6.07) is 0. The van der Waals surface area contributed by atoms with Crippen molar-refractivity contribution >= 4 is 17.9 Å². The summed E-state index contributed by atoms with van der Waals surface area (Å²) in [5.74, 6) is -0.942. The van der Waals surface area contributed by atoms with Gasteiger partial charge in [-0.2, -0.15) is 0 Å². The first kappa shape index (κ1) is 58.6. The van der Waals surface area contributed by atoms with E-state index >= 15 is 0 Å². The van der Waals surface area contributed by atoms with Gasteiger partial charge in [0.15, 0.2) is 6.10 Å².